The Labute approximate surface area is 746 Å². The second-order valence-electron chi connectivity index (χ2n) is 32.5. The van der Waals surface area contributed by atoms with Gasteiger partial charge in [-0.3, -0.25) is 24.0 Å². The summed E-state index contributed by atoms with van der Waals surface area (Å²) in [6.45, 7) is 9.20. The molecule has 0 aliphatic carbocycles. The number of ether oxygens (including phenoxy) is 5. The minimum Gasteiger partial charge on any atom is -0.463 e. The van der Waals surface area contributed by atoms with Crippen LogP contribution in [0, 0.1) is 0 Å². The third kappa shape index (κ3) is 115. The maximum atomic E-state index is 12.8. The molecule has 121 heavy (non-hydrogen) atoms. The molecule has 716 valence electrons. The monoisotopic (exact) mass is 1720 g/mol. The maximum Gasteiger partial charge on any atom is 0.306 e. The van der Waals surface area contributed by atoms with Gasteiger partial charge in [-0.15, -0.1) is 0 Å². The molecule has 0 aliphatic rings. The zero-order chi connectivity index (χ0) is 88.0. The lowest BCUT2D eigenvalue weighted by atomic mass is 10.1. The molecule has 2 atom stereocenters. The van der Waals surface area contributed by atoms with Crippen molar-refractivity contribution in [1.29, 1.82) is 0 Å². The summed E-state index contributed by atoms with van der Waals surface area (Å²) in [4.78, 5) is 60.9. The number of esters is 5. The van der Waals surface area contributed by atoms with Gasteiger partial charge < -0.3 is 59.4 Å². The lowest BCUT2D eigenvalue weighted by Gasteiger charge is -2.18. The Balaban J connectivity index is -0.000000365. The van der Waals surface area contributed by atoms with Gasteiger partial charge in [-0.2, -0.15) is 0 Å². The van der Waals surface area contributed by atoms with Gasteiger partial charge in [0, 0.05) is 33.5 Å². The van der Waals surface area contributed by atoms with Crippen molar-refractivity contribution in [2.24, 2.45) is 0 Å². The molecular weight excluding hydrogens is 1520 g/mol. The number of hydrogen-bond acceptors (Lipinski definition) is 17. The van der Waals surface area contributed by atoms with Crippen LogP contribution in [0.3, 0.4) is 0 Å². The Hall–Kier alpha value is -4.75. The summed E-state index contributed by atoms with van der Waals surface area (Å²) in [6.07, 6.45) is 103. The summed E-state index contributed by atoms with van der Waals surface area (Å²) in [5.41, 5.74) is 0. The van der Waals surface area contributed by atoms with Crippen LogP contribution in [-0.4, -0.2) is 143 Å². The predicted octanol–water partition coefficient (Wildman–Crippen LogP) is 27.3. The van der Waals surface area contributed by atoms with Crippen LogP contribution >= 0.6 is 0 Å². The predicted molar refractivity (Wildman–Crippen MR) is 513 cm³/mol. The number of carbonyl (C=O) groups excluding carboxylic acids is 5. The van der Waals surface area contributed by atoms with Gasteiger partial charge in [0.05, 0.1) is 33.0 Å². The van der Waals surface area contributed by atoms with E-state index in [1.165, 1.54) is 238 Å². The highest BCUT2D eigenvalue weighted by molar-refractivity contribution is 5.71. The number of aliphatic hydroxyl groups excluding tert-OH is 7. The van der Waals surface area contributed by atoms with E-state index in [1.807, 2.05) is 0 Å². The second kappa shape index (κ2) is 113. The van der Waals surface area contributed by atoms with Gasteiger partial charge in [-0.1, -0.05) is 353 Å². The fourth-order valence-corrected chi connectivity index (χ4v) is 12.8. The molecule has 0 aromatic heterocycles. The van der Waals surface area contributed by atoms with Gasteiger partial charge in [-0.05, 0) is 173 Å². The van der Waals surface area contributed by atoms with E-state index in [0.29, 0.717) is 32.1 Å². The van der Waals surface area contributed by atoms with E-state index >= 15 is 0 Å². The second-order valence-corrected chi connectivity index (χ2v) is 32.5. The van der Waals surface area contributed by atoms with Gasteiger partial charge in [0.1, 0.15) is 38.1 Å². The molecule has 17 nitrogen and oxygen atoms in total. The largest absolute Gasteiger partial charge is 0.463 e. The Morgan fingerprint density at radius 3 is 0.628 bits per heavy atom. The van der Waals surface area contributed by atoms with E-state index in [2.05, 4.69) is 120 Å². The Kier molecular flexibility index (Phi) is 119. The minimum absolute atomic E-state index is 0. The number of carbonyl (C=O) groups is 5. The highest BCUT2D eigenvalue weighted by Crippen LogP contribution is 2.18. The first-order chi connectivity index (χ1) is 58.3. The van der Waals surface area contributed by atoms with Crippen molar-refractivity contribution < 1.29 is 84.8 Å². The molecule has 0 amide bonds. The van der Waals surface area contributed by atoms with Crippen LogP contribution in [-0.2, 0) is 47.7 Å². The van der Waals surface area contributed by atoms with Gasteiger partial charge in [0.25, 0.3) is 0 Å². The molecular formula is C104H198O17. The SMILES string of the molecule is C.C.CCCCC/C=C/C/C=C/CCCCCCCC(=O)OCC(COC(=O)CCCCCCC/C=C/CCCCCCCC)OC(=O)CCCCCCC/C=C/CCCCCCCC.CCCCC/C=C/C/C=C/CCCCCCCC(=O)OCC(O)CO.CCCCCCCC/C=C/CCCCCCCC(=O)OC(CO)CO.OCC(O)CO.[3HH]. The summed E-state index contributed by atoms with van der Waals surface area (Å²) < 4.78 is 26.6. The number of allylic oxidation sites excluding steroid dienone is 14. The summed E-state index contributed by atoms with van der Waals surface area (Å²) >= 11 is 0. The topological polar surface area (TPSA) is 273 Å². The molecule has 0 aromatic carbocycles. The molecule has 0 rings (SSSR count). The summed E-state index contributed by atoms with van der Waals surface area (Å²) in [5.74, 6) is -1.53. The molecule has 7 N–H and O–H groups in total. The number of hydrogen-bond donors (Lipinski definition) is 7. The molecule has 0 saturated carbocycles. The zero-order valence-electron chi connectivity index (χ0n) is 77.4. The Bertz CT molecular complexity index is 2300. The number of aliphatic hydroxyl groups is 7. The fourth-order valence-electron chi connectivity index (χ4n) is 12.8. The summed E-state index contributed by atoms with van der Waals surface area (Å²) in [5, 5.41) is 59.4. The highest BCUT2D eigenvalue weighted by Gasteiger charge is 2.20. The van der Waals surface area contributed by atoms with Gasteiger partial charge in [0.15, 0.2) is 6.10 Å². The van der Waals surface area contributed by atoms with Crippen LogP contribution in [0.25, 0.3) is 0 Å². The van der Waals surface area contributed by atoms with E-state index < -0.39 is 24.4 Å². The lowest BCUT2D eigenvalue weighted by molar-refractivity contribution is -0.167. The van der Waals surface area contributed by atoms with Crippen molar-refractivity contribution in [3.8, 4) is 0 Å². The standard InChI is InChI=1S/C57H102O6.C21H38O4.C21H40O4.C3H8O3.2CH4.H2/c1-4-7-10-13-16-19-22-25-28-31-34-37-40-43-46-49-55(58)61-52-54(63-57(60)51-48-45-42-39-36-33-30-27-24-21-18-15-12-9-6-3)53-62-56(59)50-47-44-41-38-35-32-29-26-23-20-17-14-11-8-5-2;1-2-3-4-5-6-7-8-9-10-11-12-13-14-15-16-17-21(24)25-19-20(23)18-22;1-2-3-4-5-6-7-8-9-10-11-12-13-14-15-16-17-21(24)25-20(18-22)19-23;4-1-3(6)2-5;;;/h16,19,25-30,54H,4-15,17-18,20-24,31-53H2,1-3H3;6-7,9-10,20,22-23H,2-5,8,11-19H2,1H3;9-10,20,22-23H,2-8,11-19H2,1H3;3-6H,1-2H2;2*1H4;1H/b19-16+,28-25+,29-26+,30-27+;7-6+,10-9+;10-9+;;;;/i;;;;;;1+2. The smallest absolute Gasteiger partial charge is 0.306 e. The molecule has 0 radical (unpaired) electrons. The average molecular weight is 1720 g/mol. The van der Waals surface area contributed by atoms with E-state index in [1.54, 1.807) is 0 Å². The first-order valence-electron chi connectivity index (χ1n) is 49.1. The van der Waals surface area contributed by atoms with Gasteiger partial charge in [0.2, 0.25) is 0 Å². The van der Waals surface area contributed by atoms with Gasteiger partial charge >= 0.3 is 29.8 Å². The first-order valence-corrected chi connectivity index (χ1v) is 49.1. The molecule has 0 aliphatic heterocycles. The first kappa shape index (κ1) is 127. The molecule has 0 saturated heterocycles. The summed E-state index contributed by atoms with van der Waals surface area (Å²) in [6, 6.07) is 0. The third-order valence-corrected chi connectivity index (χ3v) is 20.5. The van der Waals surface area contributed by atoms with Crippen LogP contribution in [0.15, 0.2) is 85.1 Å². The van der Waals surface area contributed by atoms with Crippen molar-refractivity contribution in [1.82, 2.24) is 0 Å². The van der Waals surface area contributed by atoms with Crippen LogP contribution < -0.4 is 0 Å². The number of unbranched alkanes of at least 4 members (excludes halogenated alkanes) is 49. The van der Waals surface area contributed by atoms with Crippen LogP contribution in [0.4, 0.5) is 0 Å². The molecule has 0 fully saturated rings. The quantitative estimate of drug-likeness (QED) is 0.0129. The van der Waals surface area contributed by atoms with Crippen LogP contribution in [0.2, 0.25) is 0 Å². The van der Waals surface area contributed by atoms with E-state index in [-0.39, 0.29) is 99.0 Å². The maximum absolute atomic E-state index is 12.8. The van der Waals surface area contributed by atoms with Crippen molar-refractivity contribution >= 4 is 29.8 Å². The zero-order valence-corrected chi connectivity index (χ0v) is 77.4. The highest BCUT2D eigenvalue weighted by atomic mass is 16.6. The Morgan fingerprint density at radius 1 is 0.223 bits per heavy atom. The van der Waals surface area contributed by atoms with E-state index in [0.717, 1.165) is 154 Å². The van der Waals surface area contributed by atoms with Crippen LogP contribution in [0.5, 0.6) is 0 Å². The fraction of sp³-hybridized carbons (Fsp3) is 0.817. The van der Waals surface area contributed by atoms with Crippen molar-refractivity contribution in [2.75, 3.05) is 52.9 Å². The Morgan fingerprint density at radius 2 is 0.405 bits per heavy atom. The lowest BCUT2D eigenvalue weighted by Crippen LogP contribution is -2.30. The van der Waals surface area contributed by atoms with Crippen molar-refractivity contribution in [2.45, 2.75) is 498 Å². The van der Waals surface area contributed by atoms with Crippen molar-refractivity contribution in [3.63, 3.8) is 0 Å². The third-order valence-electron chi connectivity index (χ3n) is 20.5. The minimum atomic E-state index is -0.964. The molecule has 2 unspecified atom stereocenters. The van der Waals surface area contributed by atoms with Gasteiger partial charge in [-0.25, -0.2) is 0 Å². The van der Waals surface area contributed by atoms with Crippen molar-refractivity contribution in [3.05, 3.63) is 85.1 Å². The molecule has 0 aromatic rings. The normalized spacial score (nSPS) is 12.0. The molecule has 0 bridgehead atoms. The summed E-state index contributed by atoms with van der Waals surface area (Å²) in [7, 11) is 0. The van der Waals surface area contributed by atoms with E-state index in [9.17, 15) is 24.0 Å². The average Bonchev–Trinajstić information content (AvgIpc) is 0.939. The molecule has 0 spiro atoms. The van der Waals surface area contributed by atoms with E-state index in [4.69, 9.17) is 59.4 Å². The molecule has 0 heterocycles. The number of rotatable bonds is 86. The molecule has 17 heteroatoms. The van der Waals surface area contributed by atoms with Crippen LogP contribution in [0.1, 0.15) is 475 Å².